The summed E-state index contributed by atoms with van der Waals surface area (Å²) in [6.45, 7) is 6.13. The molecule has 1 heterocycles. The maximum absolute atomic E-state index is 11.7. The summed E-state index contributed by atoms with van der Waals surface area (Å²) in [5.74, 6) is 1.78. The van der Waals surface area contributed by atoms with Gasteiger partial charge < -0.3 is 19.7 Å². The van der Waals surface area contributed by atoms with Crippen LogP contribution in [0.1, 0.15) is 26.2 Å². The molecular formula is C16H29N3O3. The topological polar surface area (TPSA) is 63.2 Å². The molecule has 126 valence electrons. The van der Waals surface area contributed by atoms with Crippen molar-refractivity contribution < 1.29 is 14.3 Å². The second-order valence-electron chi connectivity index (χ2n) is 6.36. The van der Waals surface area contributed by atoms with Crippen molar-refractivity contribution in [3.8, 4) is 0 Å². The minimum absolute atomic E-state index is 0.0644. The Morgan fingerprint density at radius 3 is 2.77 bits per heavy atom. The number of rotatable bonds is 7. The summed E-state index contributed by atoms with van der Waals surface area (Å²) in [6, 6.07) is 0. The Kier molecular flexibility index (Phi) is 6.49. The third kappa shape index (κ3) is 4.87. The van der Waals surface area contributed by atoms with E-state index in [1.54, 1.807) is 7.05 Å². The Morgan fingerprint density at radius 2 is 2.14 bits per heavy atom. The Bertz CT molecular complexity index is 396. The lowest BCUT2D eigenvalue weighted by Gasteiger charge is -2.21. The number of hydrogen-bond donors (Lipinski definition) is 1. The standard InChI is InChI=1S/C16H29N3O3/c1-12-9-19(10-14(12)15(20)21-3)16(17-2)18-7-4-8-22-11-13-5-6-13/h12-14H,4-11H2,1-3H3,(H,17,18). The molecule has 2 unspecified atom stereocenters. The fourth-order valence-electron chi connectivity index (χ4n) is 2.84. The van der Waals surface area contributed by atoms with Crippen molar-refractivity contribution >= 4 is 11.9 Å². The fraction of sp³-hybridized carbons (Fsp3) is 0.875. The van der Waals surface area contributed by atoms with Crippen molar-refractivity contribution in [2.75, 3.05) is 47.0 Å². The number of methoxy groups -OCH3 is 1. The quantitative estimate of drug-likeness (QED) is 0.330. The van der Waals surface area contributed by atoms with Gasteiger partial charge in [-0.15, -0.1) is 0 Å². The summed E-state index contributed by atoms with van der Waals surface area (Å²) in [5, 5.41) is 3.36. The van der Waals surface area contributed by atoms with Gasteiger partial charge in [0.15, 0.2) is 5.96 Å². The maximum Gasteiger partial charge on any atom is 0.310 e. The van der Waals surface area contributed by atoms with Crippen LogP contribution in [-0.2, 0) is 14.3 Å². The van der Waals surface area contributed by atoms with E-state index in [1.165, 1.54) is 20.0 Å². The molecule has 2 rings (SSSR count). The fourth-order valence-corrected chi connectivity index (χ4v) is 2.84. The molecule has 0 aromatic heterocycles. The van der Waals surface area contributed by atoms with Crippen molar-refractivity contribution in [2.24, 2.45) is 22.7 Å². The smallest absolute Gasteiger partial charge is 0.310 e. The molecule has 2 aliphatic rings. The van der Waals surface area contributed by atoms with Crippen LogP contribution in [0, 0.1) is 17.8 Å². The van der Waals surface area contributed by atoms with Crippen LogP contribution in [0.25, 0.3) is 0 Å². The predicted octanol–water partition coefficient (Wildman–Crippen LogP) is 1.12. The summed E-state index contributed by atoms with van der Waals surface area (Å²) in [4.78, 5) is 18.2. The zero-order valence-corrected chi connectivity index (χ0v) is 14.0. The van der Waals surface area contributed by atoms with E-state index in [2.05, 4.69) is 22.1 Å². The first-order valence-corrected chi connectivity index (χ1v) is 8.26. The van der Waals surface area contributed by atoms with Crippen molar-refractivity contribution in [2.45, 2.75) is 26.2 Å². The molecule has 1 aliphatic heterocycles. The highest BCUT2D eigenvalue weighted by Gasteiger charge is 2.36. The van der Waals surface area contributed by atoms with Gasteiger partial charge in [-0.25, -0.2) is 0 Å². The highest BCUT2D eigenvalue weighted by atomic mass is 16.5. The van der Waals surface area contributed by atoms with E-state index in [-0.39, 0.29) is 17.8 Å². The van der Waals surface area contributed by atoms with E-state index >= 15 is 0 Å². The number of esters is 1. The second-order valence-corrected chi connectivity index (χ2v) is 6.36. The maximum atomic E-state index is 11.7. The Balaban J connectivity index is 1.66. The zero-order chi connectivity index (χ0) is 15.9. The van der Waals surface area contributed by atoms with Crippen LogP contribution in [0.3, 0.4) is 0 Å². The third-order valence-corrected chi connectivity index (χ3v) is 4.43. The Morgan fingerprint density at radius 1 is 1.36 bits per heavy atom. The Labute approximate surface area is 133 Å². The molecule has 0 bridgehead atoms. The SMILES string of the molecule is CN=C(NCCCOCC1CC1)N1CC(C)C(C(=O)OC)C1. The molecule has 1 aliphatic carbocycles. The van der Waals surface area contributed by atoms with Gasteiger partial charge in [-0.05, 0) is 31.1 Å². The number of carbonyl (C=O) groups is 1. The van der Waals surface area contributed by atoms with Crippen LogP contribution >= 0.6 is 0 Å². The predicted molar refractivity (Wildman–Crippen MR) is 85.8 cm³/mol. The van der Waals surface area contributed by atoms with Gasteiger partial charge in [-0.2, -0.15) is 0 Å². The molecule has 0 aromatic carbocycles. The Hall–Kier alpha value is -1.30. The number of carbonyl (C=O) groups excluding carboxylic acids is 1. The molecule has 1 saturated heterocycles. The van der Waals surface area contributed by atoms with Gasteiger partial charge in [-0.1, -0.05) is 6.92 Å². The van der Waals surface area contributed by atoms with E-state index < -0.39 is 0 Å². The summed E-state index contributed by atoms with van der Waals surface area (Å²) >= 11 is 0. The lowest BCUT2D eigenvalue weighted by Crippen LogP contribution is -2.41. The van der Waals surface area contributed by atoms with Crippen molar-refractivity contribution in [1.82, 2.24) is 10.2 Å². The minimum Gasteiger partial charge on any atom is -0.469 e. The van der Waals surface area contributed by atoms with Gasteiger partial charge in [0.1, 0.15) is 0 Å². The number of nitrogens with zero attached hydrogens (tertiary/aromatic N) is 2. The number of guanidine groups is 1. The number of nitrogens with one attached hydrogen (secondary N) is 1. The average molecular weight is 311 g/mol. The zero-order valence-electron chi connectivity index (χ0n) is 14.0. The van der Waals surface area contributed by atoms with Crippen LogP contribution in [0.4, 0.5) is 0 Å². The van der Waals surface area contributed by atoms with Crippen LogP contribution in [0.2, 0.25) is 0 Å². The minimum atomic E-state index is -0.126. The van der Waals surface area contributed by atoms with Crippen LogP contribution in [0.5, 0.6) is 0 Å². The highest BCUT2D eigenvalue weighted by Crippen LogP contribution is 2.28. The van der Waals surface area contributed by atoms with Gasteiger partial charge >= 0.3 is 5.97 Å². The normalized spacial score (nSPS) is 25.4. The van der Waals surface area contributed by atoms with Gasteiger partial charge in [0.05, 0.1) is 13.0 Å². The number of ether oxygens (including phenoxy) is 2. The van der Waals surface area contributed by atoms with E-state index in [1.807, 2.05) is 0 Å². The molecule has 2 atom stereocenters. The van der Waals surface area contributed by atoms with Crippen LogP contribution < -0.4 is 5.32 Å². The molecule has 0 amide bonds. The van der Waals surface area contributed by atoms with E-state index in [0.717, 1.165) is 44.6 Å². The number of aliphatic imine (C=N–C) groups is 1. The van der Waals surface area contributed by atoms with Gasteiger partial charge in [0.25, 0.3) is 0 Å². The molecule has 1 N–H and O–H groups in total. The lowest BCUT2D eigenvalue weighted by molar-refractivity contribution is -0.145. The first-order valence-electron chi connectivity index (χ1n) is 8.26. The molecular weight excluding hydrogens is 282 g/mol. The lowest BCUT2D eigenvalue weighted by atomic mass is 9.99. The molecule has 6 nitrogen and oxygen atoms in total. The molecule has 1 saturated carbocycles. The van der Waals surface area contributed by atoms with E-state index in [0.29, 0.717) is 6.54 Å². The first kappa shape index (κ1) is 17.1. The van der Waals surface area contributed by atoms with Crippen molar-refractivity contribution in [3.63, 3.8) is 0 Å². The van der Waals surface area contributed by atoms with E-state index in [4.69, 9.17) is 9.47 Å². The van der Waals surface area contributed by atoms with Crippen molar-refractivity contribution in [3.05, 3.63) is 0 Å². The van der Waals surface area contributed by atoms with E-state index in [9.17, 15) is 4.79 Å². The summed E-state index contributed by atoms with van der Waals surface area (Å²) < 4.78 is 10.5. The molecule has 22 heavy (non-hydrogen) atoms. The average Bonchev–Trinajstić information content (AvgIpc) is 3.27. The first-order chi connectivity index (χ1) is 10.7. The van der Waals surface area contributed by atoms with Gasteiger partial charge in [0.2, 0.25) is 0 Å². The molecule has 0 spiro atoms. The van der Waals surface area contributed by atoms with Gasteiger partial charge in [0, 0.05) is 39.9 Å². The van der Waals surface area contributed by atoms with Crippen LogP contribution in [0.15, 0.2) is 4.99 Å². The summed E-state index contributed by atoms with van der Waals surface area (Å²) in [5.41, 5.74) is 0. The van der Waals surface area contributed by atoms with Crippen molar-refractivity contribution in [1.29, 1.82) is 0 Å². The largest absolute Gasteiger partial charge is 0.469 e. The summed E-state index contributed by atoms with van der Waals surface area (Å²) in [7, 11) is 3.23. The highest BCUT2D eigenvalue weighted by molar-refractivity contribution is 5.82. The summed E-state index contributed by atoms with van der Waals surface area (Å²) in [6.07, 6.45) is 3.63. The number of likely N-dealkylation sites (tertiary alicyclic amines) is 1. The van der Waals surface area contributed by atoms with Crippen LogP contribution in [-0.4, -0.2) is 63.8 Å². The number of hydrogen-bond acceptors (Lipinski definition) is 4. The van der Waals surface area contributed by atoms with Gasteiger partial charge in [-0.3, -0.25) is 9.79 Å². The molecule has 0 aromatic rings. The molecule has 2 fully saturated rings. The molecule has 6 heteroatoms. The second kappa shape index (κ2) is 8.36. The third-order valence-electron chi connectivity index (χ3n) is 4.43. The monoisotopic (exact) mass is 311 g/mol. The molecule has 0 radical (unpaired) electrons.